The van der Waals surface area contributed by atoms with Gasteiger partial charge in [-0.3, -0.25) is 4.79 Å². The summed E-state index contributed by atoms with van der Waals surface area (Å²) in [5, 5.41) is 2.98. The molecule has 0 heterocycles. The van der Waals surface area contributed by atoms with Crippen LogP contribution in [0.2, 0.25) is 0 Å². The second kappa shape index (κ2) is 12.1. The van der Waals surface area contributed by atoms with Crippen LogP contribution < -0.4 is 14.8 Å². The minimum Gasteiger partial charge on any atom is -0.494 e. The van der Waals surface area contributed by atoms with Crippen molar-refractivity contribution in [3.63, 3.8) is 0 Å². The van der Waals surface area contributed by atoms with Crippen LogP contribution in [0.4, 0.5) is 5.69 Å². The zero-order valence-corrected chi connectivity index (χ0v) is 20.8. The van der Waals surface area contributed by atoms with Crippen molar-refractivity contribution in [1.29, 1.82) is 0 Å². The Labute approximate surface area is 211 Å². The molecule has 1 N–H and O–H groups in total. The predicted octanol–water partition coefficient (Wildman–Crippen LogP) is 7.52. The Kier molecular flexibility index (Phi) is 8.47. The third-order valence-corrected chi connectivity index (χ3v) is 6.46. The number of anilines is 1. The Morgan fingerprint density at radius 1 is 0.857 bits per heavy atom. The van der Waals surface area contributed by atoms with Crippen LogP contribution in [0.5, 0.6) is 11.5 Å². The Bertz CT molecular complexity index is 1240. The number of carbonyl (C=O) groups excluding carboxylic acids is 1. The van der Waals surface area contributed by atoms with Crippen molar-refractivity contribution in [3.05, 3.63) is 119 Å². The highest BCUT2D eigenvalue weighted by atomic mass is 32.2. The summed E-state index contributed by atoms with van der Waals surface area (Å²) in [6, 6.07) is 31.5. The summed E-state index contributed by atoms with van der Waals surface area (Å²) in [6.45, 7) is 5.12. The molecular weight excluding hydrogens is 454 g/mol. The Morgan fingerprint density at radius 2 is 1.60 bits per heavy atom. The van der Waals surface area contributed by atoms with Crippen molar-refractivity contribution in [1.82, 2.24) is 0 Å². The smallest absolute Gasteiger partial charge is 0.255 e. The van der Waals surface area contributed by atoms with Gasteiger partial charge in [-0.15, -0.1) is 11.8 Å². The summed E-state index contributed by atoms with van der Waals surface area (Å²) in [5.41, 5.74) is 4.65. The third kappa shape index (κ3) is 7.14. The van der Waals surface area contributed by atoms with E-state index in [1.807, 2.05) is 73.7 Å². The number of hydrogen-bond acceptors (Lipinski definition) is 4. The number of aryl methyl sites for hydroxylation is 1. The fraction of sp³-hybridized carbons (Fsp3) is 0.167. The van der Waals surface area contributed by atoms with Gasteiger partial charge in [-0.25, -0.2) is 0 Å². The first kappa shape index (κ1) is 24.4. The van der Waals surface area contributed by atoms with Gasteiger partial charge in [0.15, 0.2) is 0 Å². The average molecular weight is 484 g/mol. The van der Waals surface area contributed by atoms with Crippen LogP contribution in [0.1, 0.15) is 34.0 Å². The average Bonchev–Trinajstić information content (AvgIpc) is 2.89. The summed E-state index contributed by atoms with van der Waals surface area (Å²) in [6.07, 6.45) is 0. The number of thioether (sulfide) groups is 1. The molecule has 0 atom stereocenters. The molecule has 0 aliphatic heterocycles. The van der Waals surface area contributed by atoms with Crippen LogP contribution in [0, 0.1) is 6.92 Å². The predicted molar refractivity (Wildman–Crippen MR) is 144 cm³/mol. The minimum absolute atomic E-state index is 0.160. The van der Waals surface area contributed by atoms with Crippen LogP contribution in [-0.2, 0) is 12.4 Å². The SMILES string of the molecule is CCOc1ccc(C(=O)Nc2ccc(OCc3ccccc3)cc2)cc1CSc1ccc(C)cc1. The number of benzene rings is 4. The van der Waals surface area contributed by atoms with Crippen LogP contribution >= 0.6 is 11.8 Å². The van der Waals surface area contributed by atoms with Gasteiger partial charge in [-0.2, -0.15) is 0 Å². The van der Waals surface area contributed by atoms with E-state index in [0.717, 1.165) is 22.6 Å². The maximum absolute atomic E-state index is 13.0. The first-order chi connectivity index (χ1) is 17.1. The van der Waals surface area contributed by atoms with Crippen molar-refractivity contribution in [2.24, 2.45) is 0 Å². The zero-order chi connectivity index (χ0) is 24.5. The van der Waals surface area contributed by atoms with E-state index < -0.39 is 0 Å². The summed E-state index contributed by atoms with van der Waals surface area (Å²) >= 11 is 1.73. The molecule has 5 heteroatoms. The molecule has 0 radical (unpaired) electrons. The molecule has 4 rings (SSSR count). The standard InChI is InChI=1S/C30H29NO3S/c1-3-33-29-18-11-24(19-25(29)21-35-28-16-9-22(2)10-17-28)30(32)31-26-12-14-27(15-13-26)34-20-23-7-5-4-6-8-23/h4-19H,3,20-21H2,1-2H3,(H,31,32). The van der Waals surface area contributed by atoms with Crippen molar-refractivity contribution >= 4 is 23.4 Å². The molecule has 0 saturated heterocycles. The molecule has 1 amide bonds. The number of ether oxygens (including phenoxy) is 2. The van der Waals surface area contributed by atoms with Crippen LogP contribution in [0.25, 0.3) is 0 Å². The topological polar surface area (TPSA) is 47.6 Å². The van der Waals surface area contributed by atoms with Gasteiger partial charge in [-0.05, 0) is 74.0 Å². The lowest BCUT2D eigenvalue weighted by molar-refractivity contribution is 0.102. The Hall–Kier alpha value is -3.70. The van der Waals surface area contributed by atoms with E-state index >= 15 is 0 Å². The number of rotatable bonds is 10. The summed E-state index contributed by atoms with van der Waals surface area (Å²) in [5.74, 6) is 2.12. The quantitative estimate of drug-likeness (QED) is 0.237. The number of nitrogens with one attached hydrogen (secondary N) is 1. The Balaban J connectivity index is 1.39. The van der Waals surface area contributed by atoms with E-state index in [4.69, 9.17) is 9.47 Å². The lowest BCUT2D eigenvalue weighted by Gasteiger charge is -2.13. The lowest BCUT2D eigenvalue weighted by Crippen LogP contribution is -2.12. The maximum Gasteiger partial charge on any atom is 0.255 e. The van der Waals surface area contributed by atoms with Gasteiger partial charge in [0.1, 0.15) is 18.1 Å². The summed E-state index contributed by atoms with van der Waals surface area (Å²) < 4.78 is 11.6. The van der Waals surface area contributed by atoms with E-state index in [0.29, 0.717) is 30.2 Å². The van der Waals surface area contributed by atoms with Crippen molar-refractivity contribution < 1.29 is 14.3 Å². The van der Waals surface area contributed by atoms with E-state index in [9.17, 15) is 4.79 Å². The first-order valence-corrected chi connectivity index (χ1v) is 12.6. The van der Waals surface area contributed by atoms with E-state index in [-0.39, 0.29) is 5.91 Å². The van der Waals surface area contributed by atoms with Crippen molar-refractivity contribution in [3.8, 4) is 11.5 Å². The molecule has 0 spiro atoms. The molecule has 0 aliphatic carbocycles. The molecule has 0 aromatic heterocycles. The molecule has 4 aromatic rings. The van der Waals surface area contributed by atoms with Gasteiger partial charge >= 0.3 is 0 Å². The fourth-order valence-electron chi connectivity index (χ4n) is 3.50. The first-order valence-electron chi connectivity index (χ1n) is 11.6. The molecule has 0 aliphatic rings. The van der Waals surface area contributed by atoms with Gasteiger partial charge in [0.25, 0.3) is 5.91 Å². The molecule has 35 heavy (non-hydrogen) atoms. The third-order valence-electron chi connectivity index (χ3n) is 5.40. The molecule has 0 saturated carbocycles. The maximum atomic E-state index is 13.0. The monoisotopic (exact) mass is 483 g/mol. The minimum atomic E-state index is -0.160. The van der Waals surface area contributed by atoms with Crippen LogP contribution in [0.15, 0.2) is 102 Å². The van der Waals surface area contributed by atoms with Crippen LogP contribution in [0.3, 0.4) is 0 Å². The van der Waals surface area contributed by atoms with Crippen molar-refractivity contribution in [2.45, 2.75) is 31.1 Å². The van der Waals surface area contributed by atoms with Crippen molar-refractivity contribution in [2.75, 3.05) is 11.9 Å². The molecule has 0 unspecified atom stereocenters. The molecule has 4 nitrogen and oxygen atoms in total. The van der Waals surface area contributed by atoms with E-state index in [2.05, 4.69) is 36.5 Å². The normalized spacial score (nSPS) is 10.6. The van der Waals surface area contributed by atoms with Crippen LogP contribution in [-0.4, -0.2) is 12.5 Å². The van der Waals surface area contributed by atoms with E-state index in [1.165, 1.54) is 10.5 Å². The number of hydrogen-bond donors (Lipinski definition) is 1. The second-order valence-corrected chi connectivity index (χ2v) is 9.16. The molecule has 0 bridgehead atoms. The van der Waals surface area contributed by atoms with Gasteiger partial charge < -0.3 is 14.8 Å². The second-order valence-electron chi connectivity index (χ2n) is 8.11. The summed E-state index contributed by atoms with van der Waals surface area (Å²) in [7, 11) is 0. The molecule has 0 fully saturated rings. The molecule has 178 valence electrons. The lowest BCUT2D eigenvalue weighted by atomic mass is 10.1. The van der Waals surface area contributed by atoms with Gasteiger partial charge in [-0.1, -0.05) is 48.0 Å². The largest absolute Gasteiger partial charge is 0.494 e. The summed E-state index contributed by atoms with van der Waals surface area (Å²) in [4.78, 5) is 14.1. The highest BCUT2D eigenvalue weighted by molar-refractivity contribution is 7.98. The molecule has 4 aromatic carbocycles. The van der Waals surface area contributed by atoms with Gasteiger partial charge in [0, 0.05) is 27.5 Å². The number of carbonyl (C=O) groups is 1. The number of amides is 1. The highest BCUT2D eigenvalue weighted by Crippen LogP contribution is 2.29. The molecular formula is C30H29NO3S. The highest BCUT2D eigenvalue weighted by Gasteiger charge is 2.12. The Morgan fingerprint density at radius 3 is 2.31 bits per heavy atom. The van der Waals surface area contributed by atoms with E-state index in [1.54, 1.807) is 17.8 Å². The fourth-order valence-corrected chi connectivity index (χ4v) is 4.38. The van der Waals surface area contributed by atoms with Gasteiger partial charge in [0.05, 0.1) is 6.61 Å². The van der Waals surface area contributed by atoms with Gasteiger partial charge in [0.2, 0.25) is 0 Å². The zero-order valence-electron chi connectivity index (χ0n) is 20.0.